The van der Waals surface area contributed by atoms with Gasteiger partial charge in [-0.1, -0.05) is 19.9 Å². The van der Waals surface area contributed by atoms with Crippen LogP contribution in [0, 0.1) is 0 Å². The molecule has 1 N–H and O–H groups in total. The number of rotatable bonds is 3. The molecule has 2 heterocycles. The second kappa shape index (κ2) is 3.92. The molecule has 0 saturated heterocycles. The molecule has 0 aliphatic rings. The fourth-order valence-corrected chi connectivity index (χ4v) is 1.51. The quantitative estimate of drug-likeness (QED) is 0.849. The number of carboxylic acid groups (broad SMARTS) is 1. The molecule has 0 aliphatic carbocycles. The molecule has 84 valence electrons. The second-order valence-corrected chi connectivity index (χ2v) is 3.98. The highest BCUT2D eigenvalue weighted by atomic mass is 16.4. The third kappa shape index (κ3) is 1.88. The first-order valence-corrected chi connectivity index (χ1v) is 5.14. The minimum atomic E-state index is -0.867. The van der Waals surface area contributed by atoms with Gasteiger partial charge in [0.1, 0.15) is 0 Å². The number of carboxylic acids is 1. The van der Waals surface area contributed by atoms with Crippen LogP contribution < -0.4 is 0 Å². The van der Waals surface area contributed by atoms with E-state index < -0.39 is 5.97 Å². The number of hydrogen-bond donors (Lipinski definition) is 1. The maximum Gasteiger partial charge on any atom is 0.309 e. The van der Waals surface area contributed by atoms with Crippen LogP contribution in [0.2, 0.25) is 0 Å². The van der Waals surface area contributed by atoms with E-state index in [1.54, 1.807) is 16.6 Å². The zero-order valence-corrected chi connectivity index (χ0v) is 9.21. The van der Waals surface area contributed by atoms with Gasteiger partial charge in [-0.3, -0.25) is 4.79 Å². The minimum Gasteiger partial charge on any atom is -0.481 e. The summed E-state index contributed by atoms with van der Waals surface area (Å²) in [5, 5.41) is 13.1. The SMILES string of the molecule is CC(C)c1nc2cccc(CC(=O)O)n2n1. The van der Waals surface area contributed by atoms with Gasteiger partial charge < -0.3 is 5.11 Å². The number of hydrogen-bond acceptors (Lipinski definition) is 3. The molecule has 0 fully saturated rings. The summed E-state index contributed by atoms with van der Waals surface area (Å²) in [4.78, 5) is 15.0. The van der Waals surface area contributed by atoms with Crippen molar-refractivity contribution in [3.05, 3.63) is 29.7 Å². The average molecular weight is 219 g/mol. The number of carbonyl (C=O) groups is 1. The predicted octanol–water partition coefficient (Wildman–Crippen LogP) is 1.48. The van der Waals surface area contributed by atoms with E-state index in [1.807, 2.05) is 19.9 Å². The van der Waals surface area contributed by atoms with Crippen LogP contribution in [-0.2, 0) is 11.2 Å². The molecule has 0 aliphatic heterocycles. The second-order valence-electron chi connectivity index (χ2n) is 3.98. The first kappa shape index (κ1) is 10.6. The zero-order chi connectivity index (χ0) is 11.7. The van der Waals surface area contributed by atoms with Crippen LogP contribution >= 0.6 is 0 Å². The monoisotopic (exact) mass is 219 g/mol. The van der Waals surface area contributed by atoms with Crippen molar-refractivity contribution in [1.29, 1.82) is 0 Å². The summed E-state index contributed by atoms with van der Waals surface area (Å²) in [7, 11) is 0. The molecule has 16 heavy (non-hydrogen) atoms. The summed E-state index contributed by atoms with van der Waals surface area (Å²) in [6, 6.07) is 5.37. The van der Waals surface area contributed by atoms with Gasteiger partial charge in [0.15, 0.2) is 11.5 Å². The van der Waals surface area contributed by atoms with Crippen LogP contribution in [0.4, 0.5) is 0 Å². The van der Waals surface area contributed by atoms with Crippen molar-refractivity contribution < 1.29 is 9.90 Å². The van der Waals surface area contributed by atoms with Gasteiger partial charge in [0, 0.05) is 5.92 Å². The summed E-state index contributed by atoms with van der Waals surface area (Å²) in [5.74, 6) is 0.101. The first-order valence-electron chi connectivity index (χ1n) is 5.14. The minimum absolute atomic E-state index is 0.0434. The Labute approximate surface area is 92.7 Å². The lowest BCUT2D eigenvalue weighted by molar-refractivity contribution is -0.136. The molecule has 0 aromatic carbocycles. The molecule has 0 unspecified atom stereocenters. The van der Waals surface area contributed by atoms with Crippen molar-refractivity contribution in [3.8, 4) is 0 Å². The van der Waals surface area contributed by atoms with Crippen molar-refractivity contribution in [1.82, 2.24) is 14.6 Å². The fraction of sp³-hybridized carbons (Fsp3) is 0.364. The zero-order valence-electron chi connectivity index (χ0n) is 9.21. The number of pyridine rings is 1. The van der Waals surface area contributed by atoms with E-state index in [-0.39, 0.29) is 12.3 Å². The van der Waals surface area contributed by atoms with Gasteiger partial charge in [-0.05, 0) is 12.1 Å². The predicted molar refractivity (Wildman–Crippen MR) is 58.4 cm³/mol. The van der Waals surface area contributed by atoms with E-state index in [2.05, 4.69) is 10.1 Å². The highest BCUT2D eigenvalue weighted by Gasteiger charge is 2.11. The Morgan fingerprint density at radius 3 is 2.88 bits per heavy atom. The molecule has 0 spiro atoms. The third-order valence-corrected chi connectivity index (χ3v) is 2.30. The smallest absolute Gasteiger partial charge is 0.309 e. The highest BCUT2D eigenvalue weighted by Crippen LogP contribution is 2.12. The van der Waals surface area contributed by atoms with E-state index >= 15 is 0 Å². The summed E-state index contributed by atoms with van der Waals surface area (Å²) in [5.41, 5.74) is 1.34. The van der Waals surface area contributed by atoms with Gasteiger partial charge in [0.05, 0.1) is 12.1 Å². The lowest BCUT2D eigenvalue weighted by Gasteiger charge is -1.99. The molecule has 5 heteroatoms. The highest BCUT2D eigenvalue weighted by molar-refractivity contribution is 5.69. The largest absolute Gasteiger partial charge is 0.481 e. The van der Waals surface area contributed by atoms with Gasteiger partial charge >= 0.3 is 5.97 Å². The number of fused-ring (bicyclic) bond motifs is 1. The summed E-state index contributed by atoms with van der Waals surface area (Å²) in [6.07, 6.45) is -0.0434. The number of aromatic nitrogens is 3. The molecule has 2 aromatic rings. The molecule has 0 amide bonds. The van der Waals surface area contributed by atoms with Crippen LogP contribution in [0.15, 0.2) is 18.2 Å². The molecule has 0 atom stereocenters. The molecule has 2 rings (SSSR count). The van der Waals surface area contributed by atoms with Crippen LogP contribution in [-0.4, -0.2) is 25.7 Å². The van der Waals surface area contributed by atoms with Gasteiger partial charge in [0.25, 0.3) is 0 Å². The van der Waals surface area contributed by atoms with Gasteiger partial charge in [0.2, 0.25) is 0 Å². The third-order valence-electron chi connectivity index (χ3n) is 2.30. The van der Waals surface area contributed by atoms with Crippen molar-refractivity contribution in [2.75, 3.05) is 0 Å². The fourth-order valence-electron chi connectivity index (χ4n) is 1.51. The molecule has 5 nitrogen and oxygen atoms in total. The van der Waals surface area contributed by atoms with Gasteiger partial charge in [-0.15, -0.1) is 0 Å². The van der Waals surface area contributed by atoms with Crippen LogP contribution in [0.25, 0.3) is 5.65 Å². The van der Waals surface area contributed by atoms with Crippen molar-refractivity contribution in [3.63, 3.8) is 0 Å². The standard InChI is InChI=1S/C11H13N3O2/c1-7(2)11-12-9-5-3-4-8(6-10(15)16)14(9)13-11/h3-5,7H,6H2,1-2H3,(H,15,16). The van der Waals surface area contributed by atoms with Gasteiger partial charge in [-0.25, -0.2) is 9.50 Å². The molecule has 0 saturated carbocycles. The van der Waals surface area contributed by atoms with Crippen molar-refractivity contribution >= 4 is 11.6 Å². The van der Waals surface area contributed by atoms with E-state index in [0.29, 0.717) is 11.3 Å². The Morgan fingerprint density at radius 1 is 1.50 bits per heavy atom. The Bertz CT molecular complexity index is 531. The Balaban J connectivity index is 2.54. The summed E-state index contributed by atoms with van der Waals surface area (Å²) in [6.45, 7) is 4.01. The van der Waals surface area contributed by atoms with E-state index in [4.69, 9.17) is 5.11 Å². The lowest BCUT2D eigenvalue weighted by atomic mass is 10.2. The average Bonchev–Trinajstić information content (AvgIpc) is 2.61. The van der Waals surface area contributed by atoms with E-state index in [0.717, 1.165) is 5.82 Å². The summed E-state index contributed by atoms with van der Waals surface area (Å²) < 4.78 is 1.60. The lowest BCUT2D eigenvalue weighted by Crippen LogP contribution is -2.06. The Kier molecular flexibility index (Phi) is 2.60. The first-order chi connectivity index (χ1) is 7.58. The van der Waals surface area contributed by atoms with Crippen LogP contribution in [0.3, 0.4) is 0 Å². The van der Waals surface area contributed by atoms with Crippen molar-refractivity contribution in [2.24, 2.45) is 0 Å². The van der Waals surface area contributed by atoms with Crippen molar-refractivity contribution in [2.45, 2.75) is 26.2 Å². The van der Waals surface area contributed by atoms with Gasteiger partial charge in [-0.2, -0.15) is 5.10 Å². The topological polar surface area (TPSA) is 67.5 Å². The van der Waals surface area contributed by atoms with Crippen LogP contribution in [0.5, 0.6) is 0 Å². The van der Waals surface area contributed by atoms with E-state index in [1.165, 1.54) is 0 Å². The maximum atomic E-state index is 10.7. The summed E-state index contributed by atoms with van der Waals surface area (Å²) >= 11 is 0. The van der Waals surface area contributed by atoms with E-state index in [9.17, 15) is 4.79 Å². The molecule has 0 bridgehead atoms. The number of nitrogens with zero attached hydrogens (tertiary/aromatic N) is 3. The normalized spacial score (nSPS) is 11.2. The van der Waals surface area contributed by atoms with Crippen LogP contribution in [0.1, 0.15) is 31.3 Å². The molecular weight excluding hydrogens is 206 g/mol. The molecule has 0 radical (unpaired) electrons. The maximum absolute atomic E-state index is 10.7. The molecular formula is C11H13N3O2. The Hall–Kier alpha value is -1.91. The molecule has 2 aromatic heterocycles. The number of aliphatic carboxylic acids is 1. The Morgan fingerprint density at radius 2 is 2.25 bits per heavy atom.